The molecule has 6 heteroatoms. The number of carbonyl (C=O) groups is 1. The maximum absolute atomic E-state index is 13.6. The van der Waals surface area contributed by atoms with Crippen LogP contribution in [-0.4, -0.2) is 17.6 Å². The van der Waals surface area contributed by atoms with Crippen molar-refractivity contribution in [3.05, 3.63) is 46.4 Å². The molecule has 0 aliphatic rings. The predicted molar refractivity (Wildman–Crippen MR) is 74.0 cm³/mol. The van der Waals surface area contributed by atoms with Crippen molar-refractivity contribution < 1.29 is 13.9 Å². The third-order valence-electron chi connectivity index (χ3n) is 2.63. The van der Waals surface area contributed by atoms with Gasteiger partial charge in [0.2, 0.25) is 0 Å². The van der Waals surface area contributed by atoms with Crippen LogP contribution in [0.15, 0.2) is 34.9 Å². The summed E-state index contributed by atoms with van der Waals surface area (Å²) in [5.41, 5.74) is 0.510. The number of benzene rings is 1. The van der Waals surface area contributed by atoms with Crippen LogP contribution in [-0.2, 0) is 7.05 Å². The lowest BCUT2D eigenvalue weighted by molar-refractivity contribution is 0.101. The monoisotopic (exact) mass is 326 g/mol. The van der Waals surface area contributed by atoms with E-state index in [4.69, 9.17) is 4.74 Å². The highest BCUT2D eigenvalue weighted by Crippen LogP contribution is 2.22. The van der Waals surface area contributed by atoms with Crippen LogP contribution >= 0.6 is 15.9 Å². The van der Waals surface area contributed by atoms with Crippen LogP contribution in [0.3, 0.4) is 0 Å². The first-order valence-electron chi connectivity index (χ1n) is 5.48. The molecule has 1 aromatic heterocycles. The zero-order chi connectivity index (χ0) is 14.0. The van der Waals surface area contributed by atoms with Crippen molar-refractivity contribution in [3.8, 4) is 5.75 Å². The summed E-state index contributed by atoms with van der Waals surface area (Å²) < 4.78 is 21.0. The molecule has 0 aliphatic carbocycles. The minimum atomic E-state index is -0.512. The van der Waals surface area contributed by atoms with E-state index in [1.165, 1.54) is 25.3 Å². The molecule has 1 heterocycles. The summed E-state index contributed by atoms with van der Waals surface area (Å²) in [6.07, 6.45) is 1.75. The molecule has 0 unspecified atom stereocenters. The average Bonchev–Trinajstić information content (AvgIpc) is 2.71. The number of nitrogens with one attached hydrogen (secondary N) is 1. The van der Waals surface area contributed by atoms with Gasteiger partial charge >= 0.3 is 0 Å². The molecule has 4 nitrogen and oxygen atoms in total. The Labute approximate surface area is 118 Å². The van der Waals surface area contributed by atoms with Gasteiger partial charge in [-0.2, -0.15) is 0 Å². The fourth-order valence-corrected chi connectivity index (χ4v) is 2.19. The van der Waals surface area contributed by atoms with Crippen LogP contribution in [0.4, 0.5) is 10.1 Å². The average molecular weight is 327 g/mol. The van der Waals surface area contributed by atoms with Gasteiger partial charge < -0.3 is 14.6 Å². The van der Waals surface area contributed by atoms with Crippen LogP contribution in [0, 0.1) is 5.82 Å². The summed E-state index contributed by atoms with van der Waals surface area (Å²) in [5.74, 6) is -0.424. The minimum absolute atomic E-state index is 0.0849. The molecule has 0 radical (unpaired) electrons. The van der Waals surface area contributed by atoms with Gasteiger partial charge in [-0.05, 0) is 34.1 Å². The van der Waals surface area contributed by atoms with E-state index in [1.54, 1.807) is 23.9 Å². The van der Waals surface area contributed by atoms with Crippen molar-refractivity contribution in [1.29, 1.82) is 0 Å². The molecule has 2 aromatic rings. The molecule has 0 spiro atoms. The molecule has 0 fully saturated rings. The summed E-state index contributed by atoms with van der Waals surface area (Å²) in [6, 6.07) is 5.83. The van der Waals surface area contributed by atoms with Crippen molar-refractivity contribution >= 4 is 27.5 Å². The molecule has 0 saturated heterocycles. The van der Waals surface area contributed by atoms with E-state index in [2.05, 4.69) is 21.2 Å². The summed E-state index contributed by atoms with van der Waals surface area (Å²) in [4.78, 5) is 12.0. The van der Waals surface area contributed by atoms with Crippen LogP contribution in [0.5, 0.6) is 5.75 Å². The summed E-state index contributed by atoms with van der Waals surface area (Å²) in [5, 5.41) is 2.52. The second-order valence-corrected chi connectivity index (χ2v) is 4.87. The summed E-state index contributed by atoms with van der Waals surface area (Å²) in [7, 11) is 3.22. The quantitative estimate of drug-likeness (QED) is 0.941. The highest BCUT2D eigenvalue weighted by Gasteiger charge is 2.13. The number of hydrogen-bond donors (Lipinski definition) is 1. The first-order valence-corrected chi connectivity index (χ1v) is 6.27. The highest BCUT2D eigenvalue weighted by molar-refractivity contribution is 9.10. The number of aryl methyl sites for hydroxylation is 1. The molecule has 0 atom stereocenters. The van der Waals surface area contributed by atoms with Gasteiger partial charge in [-0.15, -0.1) is 0 Å². The van der Waals surface area contributed by atoms with Gasteiger partial charge in [0.15, 0.2) is 0 Å². The van der Waals surface area contributed by atoms with Gasteiger partial charge in [0.05, 0.1) is 12.8 Å². The van der Waals surface area contributed by atoms with Crippen molar-refractivity contribution in [2.24, 2.45) is 7.05 Å². The lowest BCUT2D eigenvalue weighted by Crippen LogP contribution is -2.16. The summed E-state index contributed by atoms with van der Waals surface area (Å²) in [6.45, 7) is 0. The first-order chi connectivity index (χ1) is 9.01. The predicted octanol–water partition coefficient (Wildman–Crippen LogP) is 3.19. The van der Waals surface area contributed by atoms with Crippen molar-refractivity contribution in [3.63, 3.8) is 0 Å². The van der Waals surface area contributed by atoms with Crippen LogP contribution in [0.2, 0.25) is 0 Å². The normalized spacial score (nSPS) is 10.3. The van der Waals surface area contributed by atoms with E-state index in [0.717, 1.165) is 4.47 Å². The first kappa shape index (κ1) is 13.6. The van der Waals surface area contributed by atoms with Gasteiger partial charge in [0, 0.05) is 23.8 Å². The standard InChI is InChI=1S/C13H12BrFN2O2/c1-17-7-8(14)5-12(17)13(18)16-11-6-9(19-2)3-4-10(11)15/h3-7H,1-2H3,(H,16,18). The Bertz CT molecular complexity index is 625. The Morgan fingerprint density at radius 2 is 2.16 bits per heavy atom. The van der Waals surface area contributed by atoms with Crippen molar-refractivity contribution in [2.45, 2.75) is 0 Å². The van der Waals surface area contributed by atoms with Crippen LogP contribution < -0.4 is 10.1 Å². The van der Waals surface area contributed by atoms with E-state index in [-0.39, 0.29) is 11.6 Å². The van der Waals surface area contributed by atoms with Gasteiger partial charge in [0.25, 0.3) is 5.91 Å². The van der Waals surface area contributed by atoms with Crippen molar-refractivity contribution in [1.82, 2.24) is 4.57 Å². The minimum Gasteiger partial charge on any atom is -0.497 e. The molecule has 19 heavy (non-hydrogen) atoms. The molecule has 100 valence electrons. The zero-order valence-electron chi connectivity index (χ0n) is 10.4. The Balaban J connectivity index is 2.26. The molecule has 0 saturated carbocycles. The second-order valence-electron chi connectivity index (χ2n) is 3.95. The summed E-state index contributed by atoms with van der Waals surface area (Å²) >= 11 is 3.28. The zero-order valence-corrected chi connectivity index (χ0v) is 12.0. The molecule has 0 bridgehead atoms. The smallest absolute Gasteiger partial charge is 0.272 e. The number of rotatable bonds is 3. The van der Waals surface area contributed by atoms with Gasteiger partial charge in [0.1, 0.15) is 17.3 Å². The Kier molecular flexibility index (Phi) is 3.90. The maximum atomic E-state index is 13.6. The van der Waals surface area contributed by atoms with E-state index >= 15 is 0 Å². The topological polar surface area (TPSA) is 43.3 Å². The lowest BCUT2D eigenvalue weighted by Gasteiger charge is -2.08. The fourth-order valence-electron chi connectivity index (χ4n) is 1.66. The number of nitrogens with zero attached hydrogens (tertiary/aromatic N) is 1. The molecule has 1 N–H and O–H groups in total. The molecular formula is C13H12BrFN2O2. The Morgan fingerprint density at radius 1 is 1.42 bits per heavy atom. The Hall–Kier alpha value is -1.82. The number of methoxy groups -OCH3 is 1. The molecule has 2 rings (SSSR count). The third kappa shape index (κ3) is 2.96. The number of carbonyl (C=O) groups excluding carboxylic acids is 1. The number of halogens is 2. The van der Waals surface area contributed by atoms with Gasteiger partial charge in [-0.25, -0.2) is 4.39 Å². The second kappa shape index (κ2) is 5.44. The lowest BCUT2D eigenvalue weighted by atomic mass is 10.2. The molecule has 0 aliphatic heterocycles. The van der Waals surface area contributed by atoms with Gasteiger partial charge in [-0.1, -0.05) is 0 Å². The van der Waals surface area contributed by atoms with E-state index in [1.807, 2.05) is 0 Å². The fraction of sp³-hybridized carbons (Fsp3) is 0.154. The molecular weight excluding hydrogens is 315 g/mol. The Morgan fingerprint density at radius 3 is 2.74 bits per heavy atom. The number of anilines is 1. The number of ether oxygens (including phenoxy) is 1. The number of hydrogen-bond acceptors (Lipinski definition) is 2. The van der Waals surface area contributed by atoms with Crippen LogP contribution in [0.25, 0.3) is 0 Å². The maximum Gasteiger partial charge on any atom is 0.272 e. The third-order valence-corrected chi connectivity index (χ3v) is 3.06. The molecule has 1 amide bonds. The number of aromatic nitrogens is 1. The van der Waals surface area contributed by atoms with E-state index in [0.29, 0.717) is 11.4 Å². The van der Waals surface area contributed by atoms with Crippen LogP contribution in [0.1, 0.15) is 10.5 Å². The largest absolute Gasteiger partial charge is 0.497 e. The van der Waals surface area contributed by atoms with E-state index in [9.17, 15) is 9.18 Å². The van der Waals surface area contributed by atoms with Gasteiger partial charge in [-0.3, -0.25) is 4.79 Å². The van der Waals surface area contributed by atoms with E-state index < -0.39 is 5.82 Å². The SMILES string of the molecule is COc1ccc(F)c(NC(=O)c2cc(Br)cn2C)c1. The highest BCUT2D eigenvalue weighted by atomic mass is 79.9. The van der Waals surface area contributed by atoms with Crippen molar-refractivity contribution in [2.75, 3.05) is 12.4 Å². The number of amides is 1. The molecule has 1 aromatic carbocycles.